The van der Waals surface area contributed by atoms with Crippen molar-refractivity contribution in [2.75, 3.05) is 11.9 Å². The van der Waals surface area contributed by atoms with Gasteiger partial charge in [-0.15, -0.1) is 0 Å². The molecule has 7 heteroatoms. The third-order valence-corrected chi connectivity index (χ3v) is 7.30. The Bertz CT molecular complexity index is 1310. The maximum absolute atomic E-state index is 12.6. The van der Waals surface area contributed by atoms with E-state index >= 15 is 0 Å². The van der Waals surface area contributed by atoms with E-state index in [4.69, 9.17) is 9.47 Å². The minimum absolute atomic E-state index is 0.0592. The van der Waals surface area contributed by atoms with Gasteiger partial charge in [-0.2, -0.15) is 0 Å². The van der Waals surface area contributed by atoms with Crippen LogP contribution < -0.4 is 10.1 Å². The molecule has 3 aromatic rings. The second kappa shape index (κ2) is 16.5. The molecule has 0 unspecified atom stereocenters. The molecule has 0 bridgehead atoms. The highest BCUT2D eigenvalue weighted by Gasteiger charge is 2.37. The molecule has 0 aliphatic rings. The highest BCUT2D eigenvalue weighted by atomic mass is 16.5. The van der Waals surface area contributed by atoms with Crippen molar-refractivity contribution in [1.29, 1.82) is 0 Å². The molecule has 7 nitrogen and oxygen atoms in total. The lowest BCUT2D eigenvalue weighted by atomic mass is 9.79. The summed E-state index contributed by atoms with van der Waals surface area (Å²) in [4.78, 5) is 29.0. The predicted molar refractivity (Wildman–Crippen MR) is 168 cm³/mol. The van der Waals surface area contributed by atoms with Gasteiger partial charge >= 0.3 is 5.97 Å². The van der Waals surface area contributed by atoms with Gasteiger partial charge in [-0.25, -0.2) is 0 Å². The Balaban J connectivity index is 1.44. The van der Waals surface area contributed by atoms with Crippen LogP contribution >= 0.6 is 0 Å². The number of carboxylic acids is 1. The Kier molecular flexibility index (Phi) is 12.8. The number of hydrogen-bond donors (Lipinski definition) is 2. The Hall–Kier alpha value is -3.97. The van der Waals surface area contributed by atoms with E-state index in [0.29, 0.717) is 31.7 Å². The summed E-state index contributed by atoms with van der Waals surface area (Å²) in [6, 6.07) is 21.6. The van der Waals surface area contributed by atoms with Crippen molar-refractivity contribution in [1.82, 2.24) is 4.98 Å². The third-order valence-electron chi connectivity index (χ3n) is 7.30. The molecule has 1 aromatic heterocycles. The van der Waals surface area contributed by atoms with Gasteiger partial charge in [0.15, 0.2) is 0 Å². The molecular formula is C35H44N2O5. The smallest absolute Gasteiger partial charge is 0.310 e. The number of carbonyl (C=O) groups is 2. The summed E-state index contributed by atoms with van der Waals surface area (Å²) in [5.41, 5.74) is 3.46. The van der Waals surface area contributed by atoms with Gasteiger partial charge in [0, 0.05) is 18.7 Å². The third kappa shape index (κ3) is 10.5. The van der Waals surface area contributed by atoms with E-state index in [9.17, 15) is 14.7 Å². The molecule has 0 radical (unpaired) electrons. The molecule has 2 aromatic carbocycles. The number of nitrogens with zero attached hydrogens (tertiary/aromatic N) is 1. The maximum Gasteiger partial charge on any atom is 0.310 e. The molecule has 0 aliphatic carbocycles. The fourth-order valence-electron chi connectivity index (χ4n) is 4.68. The van der Waals surface area contributed by atoms with Crippen LogP contribution in [0.2, 0.25) is 0 Å². The van der Waals surface area contributed by atoms with Gasteiger partial charge in [-0.3, -0.25) is 14.6 Å². The number of aromatic nitrogens is 1. The average Bonchev–Trinajstić information content (AvgIpc) is 2.97. The monoisotopic (exact) mass is 572 g/mol. The minimum Gasteiger partial charge on any atom is -0.491 e. The molecule has 0 saturated heterocycles. The quantitative estimate of drug-likeness (QED) is 0.160. The Labute approximate surface area is 250 Å². The van der Waals surface area contributed by atoms with Crippen molar-refractivity contribution in [2.45, 2.75) is 78.9 Å². The highest BCUT2D eigenvalue weighted by Crippen LogP contribution is 2.31. The van der Waals surface area contributed by atoms with Crippen LogP contribution in [0, 0.1) is 5.41 Å². The molecule has 0 spiro atoms. The zero-order valence-electron chi connectivity index (χ0n) is 25.3. The summed E-state index contributed by atoms with van der Waals surface area (Å²) >= 11 is 0. The van der Waals surface area contributed by atoms with Crippen LogP contribution in [0.25, 0.3) is 12.2 Å². The first kappa shape index (κ1) is 32.5. The normalized spacial score (nSPS) is 11.6. The van der Waals surface area contributed by atoms with Crippen LogP contribution in [0.3, 0.4) is 0 Å². The van der Waals surface area contributed by atoms with Gasteiger partial charge < -0.3 is 19.9 Å². The number of aryl methyl sites for hydroxylation is 1. The Morgan fingerprint density at radius 1 is 0.976 bits per heavy atom. The summed E-state index contributed by atoms with van der Waals surface area (Å²) in [5.74, 6) is -0.333. The number of pyridine rings is 1. The zero-order valence-corrected chi connectivity index (χ0v) is 25.3. The molecule has 1 amide bonds. The summed E-state index contributed by atoms with van der Waals surface area (Å²) in [6.45, 7) is 8.79. The number of unbranched alkanes of at least 4 members (excludes halogenated alkanes) is 1. The van der Waals surface area contributed by atoms with Crippen molar-refractivity contribution in [3.8, 4) is 5.75 Å². The summed E-state index contributed by atoms with van der Waals surface area (Å²) in [6.07, 6.45) is 7.81. The van der Waals surface area contributed by atoms with Gasteiger partial charge in [0.1, 0.15) is 5.75 Å². The van der Waals surface area contributed by atoms with E-state index < -0.39 is 11.4 Å². The van der Waals surface area contributed by atoms with Crippen molar-refractivity contribution in [3.05, 3.63) is 89.2 Å². The molecule has 0 fully saturated rings. The fraction of sp³-hybridized carbons (Fsp3) is 0.400. The van der Waals surface area contributed by atoms with Gasteiger partial charge in [-0.1, -0.05) is 50.3 Å². The van der Waals surface area contributed by atoms with Gasteiger partial charge in [-0.05, 0) is 99.6 Å². The second-order valence-corrected chi connectivity index (χ2v) is 10.9. The van der Waals surface area contributed by atoms with Gasteiger partial charge in [0.05, 0.1) is 29.5 Å². The number of aliphatic carboxylic acids is 1. The molecule has 2 N–H and O–H groups in total. The molecular weight excluding hydrogens is 528 g/mol. The number of anilines is 1. The summed E-state index contributed by atoms with van der Waals surface area (Å²) in [5, 5.41) is 12.5. The van der Waals surface area contributed by atoms with E-state index in [-0.39, 0.29) is 18.4 Å². The predicted octanol–water partition coefficient (Wildman–Crippen LogP) is 7.80. The number of carbonyl (C=O) groups excluding carboxylic acids is 1. The van der Waals surface area contributed by atoms with E-state index in [2.05, 4.69) is 22.4 Å². The van der Waals surface area contributed by atoms with Gasteiger partial charge in [0.2, 0.25) is 5.91 Å². The number of benzene rings is 2. The van der Waals surface area contributed by atoms with Crippen LogP contribution in [0.4, 0.5) is 5.69 Å². The van der Waals surface area contributed by atoms with Crippen LogP contribution in [0.15, 0.2) is 66.7 Å². The van der Waals surface area contributed by atoms with E-state index in [1.807, 2.05) is 74.5 Å². The molecule has 0 atom stereocenters. The van der Waals surface area contributed by atoms with Crippen LogP contribution in [-0.2, 0) is 27.4 Å². The molecule has 0 saturated carbocycles. The maximum atomic E-state index is 12.6. The largest absolute Gasteiger partial charge is 0.491 e. The Morgan fingerprint density at radius 3 is 2.40 bits per heavy atom. The van der Waals surface area contributed by atoms with Crippen molar-refractivity contribution in [2.24, 2.45) is 5.41 Å². The lowest BCUT2D eigenvalue weighted by molar-refractivity contribution is -0.151. The number of rotatable bonds is 17. The fourth-order valence-corrected chi connectivity index (χ4v) is 4.68. The molecule has 224 valence electrons. The molecule has 3 rings (SSSR count). The summed E-state index contributed by atoms with van der Waals surface area (Å²) in [7, 11) is 0. The summed E-state index contributed by atoms with van der Waals surface area (Å²) < 4.78 is 11.6. The van der Waals surface area contributed by atoms with Crippen LogP contribution in [0.1, 0.15) is 82.3 Å². The molecule has 42 heavy (non-hydrogen) atoms. The van der Waals surface area contributed by atoms with Crippen LogP contribution in [0.5, 0.6) is 5.75 Å². The number of ether oxygens (including phenoxy) is 2. The first-order valence-electron chi connectivity index (χ1n) is 14.8. The standard InChI is InChI=1S/C35H44N2O5/c1-5-35(6-2,34(39)40)24-33(38)37-30-14-9-12-28(23-30)16-19-29-13-10-15-31(36-29)25-41-22-8-7-11-27-17-20-32(21-18-27)42-26(3)4/h9-10,12-21,23,26H,5-8,11,22,24-25H2,1-4H3,(H,37,38)(H,39,40)/b19-16+. The Morgan fingerprint density at radius 2 is 1.71 bits per heavy atom. The van der Waals surface area contributed by atoms with E-state index in [0.717, 1.165) is 42.0 Å². The number of nitrogens with one attached hydrogen (secondary N) is 1. The lowest BCUT2D eigenvalue weighted by Gasteiger charge is -2.25. The van der Waals surface area contributed by atoms with Crippen molar-refractivity contribution < 1.29 is 24.2 Å². The SMILES string of the molecule is CCC(CC)(CC(=O)Nc1cccc(/C=C/c2cccc(COCCCCc3ccc(OC(C)C)cc3)n2)c1)C(=O)O. The number of carboxylic acid groups (broad SMARTS) is 1. The zero-order chi connectivity index (χ0) is 30.4. The molecule has 0 aliphatic heterocycles. The van der Waals surface area contributed by atoms with E-state index in [1.165, 1.54) is 5.56 Å². The molecule has 1 heterocycles. The number of amides is 1. The van der Waals surface area contributed by atoms with Crippen LogP contribution in [-0.4, -0.2) is 34.7 Å². The van der Waals surface area contributed by atoms with Crippen molar-refractivity contribution in [3.63, 3.8) is 0 Å². The average molecular weight is 573 g/mol. The number of hydrogen-bond acceptors (Lipinski definition) is 5. The first-order valence-corrected chi connectivity index (χ1v) is 14.8. The topological polar surface area (TPSA) is 97.8 Å². The first-order chi connectivity index (χ1) is 20.2. The van der Waals surface area contributed by atoms with Crippen molar-refractivity contribution >= 4 is 29.7 Å². The highest BCUT2D eigenvalue weighted by molar-refractivity contribution is 5.94. The van der Waals surface area contributed by atoms with Gasteiger partial charge in [0.25, 0.3) is 0 Å². The minimum atomic E-state index is -1.04. The lowest BCUT2D eigenvalue weighted by Crippen LogP contribution is -2.34. The second-order valence-electron chi connectivity index (χ2n) is 10.9. The van der Waals surface area contributed by atoms with E-state index in [1.54, 1.807) is 19.9 Å².